The molecule has 3 N–H and O–H groups in total. The third-order valence-electron chi connectivity index (χ3n) is 3.42. The van der Waals surface area contributed by atoms with Gasteiger partial charge in [0.05, 0.1) is 6.54 Å². The molecule has 0 bridgehead atoms. The number of alkyl halides is 3. The molecule has 0 saturated heterocycles. The van der Waals surface area contributed by atoms with Crippen LogP contribution in [0.15, 0.2) is 47.5 Å². The zero-order valence-electron chi connectivity index (χ0n) is 14.9. The Hall–Kier alpha value is -2.24. The maximum Gasteiger partial charge on any atom is 0.573 e. The van der Waals surface area contributed by atoms with Crippen molar-refractivity contribution < 1.29 is 27.4 Å². The van der Waals surface area contributed by atoms with Crippen LogP contribution in [0.25, 0.3) is 0 Å². The van der Waals surface area contributed by atoms with E-state index in [2.05, 4.69) is 20.4 Å². The number of rotatable bonds is 6. The van der Waals surface area contributed by atoms with E-state index in [0.717, 1.165) is 6.07 Å². The summed E-state index contributed by atoms with van der Waals surface area (Å²) in [5, 5.41) is 15.1. The molecule has 0 amide bonds. The quantitative estimate of drug-likeness (QED) is 0.233. The third-order valence-corrected chi connectivity index (χ3v) is 3.42. The number of para-hydroxylation sites is 1. The number of guanidine groups is 1. The Kier molecular flexibility index (Phi) is 9.29. The zero-order valence-corrected chi connectivity index (χ0v) is 17.2. The number of aliphatic imine (C=N–C) groups is 1. The number of halogens is 5. The predicted molar refractivity (Wildman–Crippen MR) is 108 cm³/mol. The molecule has 0 spiro atoms. The first-order chi connectivity index (χ1) is 12.8. The van der Waals surface area contributed by atoms with E-state index in [4.69, 9.17) is 0 Å². The molecule has 2 aromatic carbocycles. The van der Waals surface area contributed by atoms with Gasteiger partial charge in [0.25, 0.3) is 0 Å². The van der Waals surface area contributed by atoms with Crippen molar-refractivity contribution in [2.45, 2.75) is 26.4 Å². The van der Waals surface area contributed by atoms with Gasteiger partial charge in [-0.05, 0) is 30.7 Å². The average molecular weight is 513 g/mol. The van der Waals surface area contributed by atoms with Gasteiger partial charge >= 0.3 is 6.36 Å². The molecule has 10 heteroatoms. The number of nitrogens with one attached hydrogen (secondary N) is 2. The predicted octanol–water partition coefficient (Wildman–Crippen LogP) is 4.30. The summed E-state index contributed by atoms with van der Waals surface area (Å²) in [5.41, 5.74) is 0.833. The van der Waals surface area contributed by atoms with Crippen molar-refractivity contribution in [3.8, 4) is 11.5 Å². The van der Waals surface area contributed by atoms with Crippen molar-refractivity contribution in [2.75, 3.05) is 6.54 Å². The van der Waals surface area contributed by atoms with Crippen LogP contribution in [0.3, 0.4) is 0 Å². The molecule has 0 radical (unpaired) electrons. The summed E-state index contributed by atoms with van der Waals surface area (Å²) in [6.07, 6.45) is -4.78. The second kappa shape index (κ2) is 10.9. The number of phenolic OH excluding ortho intramolecular Hbond substituents is 1. The number of nitrogens with zero attached hydrogens (tertiary/aromatic N) is 1. The summed E-state index contributed by atoms with van der Waals surface area (Å²) in [5.74, 6) is -1.16. The minimum Gasteiger partial charge on any atom is -0.505 e. The van der Waals surface area contributed by atoms with Gasteiger partial charge in [-0.1, -0.05) is 24.3 Å². The van der Waals surface area contributed by atoms with Crippen molar-refractivity contribution in [1.29, 1.82) is 0 Å². The zero-order chi connectivity index (χ0) is 19.9. The van der Waals surface area contributed by atoms with E-state index in [1.165, 1.54) is 30.3 Å². The first-order valence-corrected chi connectivity index (χ1v) is 8.11. The fourth-order valence-electron chi connectivity index (χ4n) is 2.21. The lowest BCUT2D eigenvalue weighted by molar-refractivity contribution is -0.274. The second-order valence-corrected chi connectivity index (χ2v) is 5.49. The Morgan fingerprint density at radius 2 is 1.86 bits per heavy atom. The van der Waals surface area contributed by atoms with Crippen LogP contribution in [0.5, 0.6) is 11.5 Å². The van der Waals surface area contributed by atoms with Crippen molar-refractivity contribution in [3.05, 3.63) is 59.4 Å². The van der Waals surface area contributed by atoms with Gasteiger partial charge in [0, 0.05) is 18.7 Å². The number of benzene rings is 2. The Bertz CT molecular complexity index is 801. The summed E-state index contributed by atoms with van der Waals surface area (Å²) in [7, 11) is 0. The SMILES string of the molecule is CCNC(=NCc1ccc(O)c(F)c1)NCc1ccccc1OC(F)(F)F.I. The molecule has 0 atom stereocenters. The average Bonchev–Trinajstić information content (AvgIpc) is 2.60. The summed E-state index contributed by atoms with van der Waals surface area (Å²) >= 11 is 0. The van der Waals surface area contributed by atoms with Gasteiger partial charge in [0.1, 0.15) is 5.75 Å². The van der Waals surface area contributed by atoms with Crippen LogP contribution in [0.1, 0.15) is 18.1 Å². The monoisotopic (exact) mass is 513 g/mol. The van der Waals surface area contributed by atoms with Gasteiger partial charge in [-0.25, -0.2) is 9.38 Å². The molecule has 0 aliphatic heterocycles. The van der Waals surface area contributed by atoms with E-state index in [9.17, 15) is 22.7 Å². The molecule has 0 aliphatic rings. The Morgan fingerprint density at radius 3 is 2.50 bits per heavy atom. The van der Waals surface area contributed by atoms with E-state index in [0.29, 0.717) is 23.6 Å². The topological polar surface area (TPSA) is 65.9 Å². The van der Waals surface area contributed by atoms with Crippen LogP contribution in [0.2, 0.25) is 0 Å². The van der Waals surface area contributed by atoms with Crippen LogP contribution < -0.4 is 15.4 Å². The molecule has 28 heavy (non-hydrogen) atoms. The number of phenols is 1. The lowest BCUT2D eigenvalue weighted by atomic mass is 10.2. The molecule has 0 aliphatic carbocycles. The number of hydrogen-bond donors (Lipinski definition) is 3. The van der Waals surface area contributed by atoms with Crippen LogP contribution in [-0.2, 0) is 13.1 Å². The van der Waals surface area contributed by atoms with Crippen molar-refractivity contribution in [1.82, 2.24) is 10.6 Å². The lowest BCUT2D eigenvalue weighted by Gasteiger charge is -2.15. The van der Waals surface area contributed by atoms with Gasteiger partial charge in [0.15, 0.2) is 17.5 Å². The molecule has 154 valence electrons. The van der Waals surface area contributed by atoms with E-state index in [1.807, 2.05) is 6.92 Å². The van der Waals surface area contributed by atoms with Crippen LogP contribution in [0.4, 0.5) is 17.6 Å². The maximum absolute atomic E-state index is 13.4. The fourth-order valence-corrected chi connectivity index (χ4v) is 2.21. The van der Waals surface area contributed by atoms with Crippen LogP contribution in [-0.4, -0.2) is 24.0 Å². The van der Waals surface area contributed by atoms with Crippen molar-refractivity contribution in [2.24, 2.45) is 4.99 Å². The van der Waals surface area contributed by atoms with E-state index in [-0.39, 0.29) is 42.8 Å². The summed E-state index contributed by atoms with van der Waals surface area (Å²) in [6.45, 7) is 2.52. The van der Waals surface area contributed by atoms with Gasteiger partial charge in [-0.3, -0.25) is 0 Å². The molecular formula is C18H20F4IN3O2. The fraction of sp³-hybridized carbons (Fsp3) is 0.278. The maximum atomic E-state index is 13.4. The molecule has 2 rings (SSSR count). The molecule has 0 fully saturated rings. The highest BCUT2D eigenvalue weighted by Gasteiger charge is 2.31. The molecule has 0 unspecified atom stereocenters. The van der Waals surface area contributed by atoms with Gasteiger partial charge in [0.2, 0.25) is 0 Å². The smallest absolute Gasteiger partial charge is 0.505 e. The van der Waals surface area contributed by atoms with Gasteiger partial charge in [-0.15, -0.1) is 37.1 Å². The molecule has 0 aromatic heterocycles. The second-order valence-electron chi connectivity index (χ2n) is 5.49. The summed E-state index contributed by atoms with van der Waals surface area (Å²) in [4.78, 5) is 4.26. The van der Waals surface area contributed by atoms with E-state index in [1.54, 1.807) is 6.07 Å². The Balaban J connectivity index is 0.00000392. The first kappa shape index (κ1) is 23.8. The summed E-state index contributed by atoms with van der Waals surface area (Å²) < 4.78 is 54.8. The van der Waals surface area contributed by atoms with Crippen molar-refractivity contribution >= 4 is 29.9 Å². The first-order valence-electron chi connectivity index (χ1n) is 8.11. The van der Waals surface area contributed by atoms with Crippen molar-refractivity contribution in [3.63, 3.8) is 0 Å². The van der Waals surface area contributed by atoms with Crippen LogP contribution in [0, 0.1) is 5.82 Å². The highest BCUT2D eigenvalue weighted by Crippen LogP contribution is 2.26. The Labute approximate surface area is 176 Å². The normalized spacial score (nSPS) is 11.5. The van der Waals surface area contributed by atoms with Gasteiger partial charge in [-0.2, -0.15) is 0 Å². The minimum atomic E-state index is -4.78. The molecule has 5 nitrogen and oxygen atoms in total. The van der Waals surface area contributed by atoms with E-state index >= 15 is 0 Å². The molecule has 0 heterocycles. The lowest BCUT2D eigenvalue weighted by Crippen LogP contribution is -2.37. The number of hydrogen-bond acceptors (Lipinski definition) is 3. The molecule has 2 aromatic rings. The number of ether oxygens (including phenoxy) is 1. The Morgan fingerprint density at radius 1 is 1.14 bits per heavy atom. The number of aromatic hydroxyl groups is 1. The highest BCUT2D eigenvalue weighted by molar-refractivity contribution is 14.0. The van der Waals surface area contributed by atoms with Gasteiger partial charge < -0.3 is 20.5 Å². The summed E-state index contributed by atoms with van der Waals surface area (Å²) in [6, 6.07) is 9.70. The van der Waals surface area contributed by atoms with E-state index < -0.39 is 17.9 Å². The highest BCUT2D eigenvalue weighted by atomic mass is 127. The molecular weight excluding hydrogens is 493 g/mol. The third kappa shape index (κ3) is 7.79. The standard InChI is InChI=1S/C18H19F4N3O2.HI/c1-2-23-17(24-10-12-7-8-15(26)14(19)9-12)25-11-13-5-3-4-6-16(13)27-18(20,21)22;/h3-9,26H,2,10-11H2,1H3,(H2,23,24,25);1H. The molecule has 0 saturated carbocycles. The van der Waals surface area contributed by atoms with Crippen LogP contribution >= 0.6 is 24.0 Å². The minimum absolute atomic E-state index is 0. The largest absolute Gasteiger partial charge is 0.573 e.